The number of hydrogen-bond donors (Lipinski definition) is 1. The van der Waals surface area contributed by atoms with Crippen molar-refractivity contribution in [3.63, 3.8) is 0 Å². The number of hydrogen-bond acceptors (Lipinski definition) is 4. The Bertz CT molecular complexity index is 1150. The molecule has 0 radical (unpaired) electrons. The van der Waals surface area contributed by atoms with Gasteiger partial charge in [-0.05, 0) is 38.1 Å². The minimum atomic E-state index is -0.331. The van der Waals surface area contributed by atoms with Gasteiger partial charge in [-0.15, -0.1) is 0 Å². The fraction of sp³-hybridized carbons (Fsp3) is 0.238. The molecule has 4 rings (SSSR count). The largest absolute Gasteiger partial charge is 0.324 e. The Hall–Kier alpha value is -3.48. The molecule has 0 saturated carbocycles. The summed E-state index contributed by atoms with van der Waals surface area (Å²) in [5, 5.41) is 3.31. The van der Waals surface area contributed by atoms with Crippen molar-refractivity contribution in [1.82, 2.24) is 9.55 Å². The fourth-order valence-corrected chi connectivity index (χ4v) is 3.58. The number of carbonyl (C=O) groups is 2. The van der Waals surface area contributed by atoms with Crippen LogP contribution in [-0.4, -0.2) is 27.4 Å². The number of carbonyl (C=O) groups excluding carboxylic acids is 2. The standard InChI is InChI=1S/C21H20N4O3/c1-13-7-8-16-15(9-13)21(28)24(12-22-16)11-20(27)25-14(2)10-19(26)23-17-5-3-4-6-18(17)25/h3-9,12,14H,10-11H2,1-2H3,(H,23,26)/t14-/m0/s1. The van der Waals surface area contributed by atoms with E-state index in [4.69, 9.17) is 0 Å². The molecule has 7 nitrogen and oxygen atoms in total. The van der Waals surface area contributed by atoms with Gasteiger partial charge in [0.2, 0.25) is 11.8 Å². The van der Waals surface area contributed by atoms with Crippen LogP contribution in [0.5, 0.6) is 0 Å². The Labute approximate surface area is 161 Å². The molecule has 1 atom stereocenters. The SMILES string of the molecule is Cc1ccc2ncn(CC(=O)N3c4ccccc4NC(=O)C[C@@H]3C)c(=O)c2c1. The van der Waals surface area contributed by atoms with Gasteiger partial charge in [-0.1, -0.05) is 23.8 Å². The van der Waals surface area contributed by atoms with Crippen LogP contribution in [0.25, 0.3) is 10.9 Å². The number of aryl methyl sites for hydroxylation is 1. The summed E-state index contributed by atoms with van der Waals surface area (Å²) in [6.07, 6.45) is 1.58. The van der Waals surface area contributed by atoms with Crippen molar-refractivity contribution in [2.75, 3.05) is 10.2 Å². The summed E-state index contributed by atoms with van der Waals surface area (Å²) in [7, 11) is 0. The third-order valence-corrected chi connectivity index (χ3v) is 4.91. The predicted molar refractivity (Wildman–Crippen MR) is 107 cm³/mol. The lowest BCUT2D eigenvalue weighted by atomic mass is 10.1. The number of aromatic nitrogens is 2. The van der Waals surface area contributed by atoms with E-state index in [0.29, 0.717) is 22.3 Å². The fourth-order valence-electron chi connectivity index (χ4n) is 3.58. The van der Waals surface area contributed by atoms with E-state index in [0.717, 1.165) is 5.56 Å². The summed E-state index contributed by atoms with van der Waals surface area (Å²) in [4.78, 5) is 44.0. The molecule has 1 aliphatic rings. The number of benzene rings is 2. The zero-order valence-corrected chi connectivity index (χ0v) is 15.7. The topological polar surface area (TPSA) is 84.3 Å². The van der Waals surface area contributed by atoms with Gasteiger partial charge < -0.3 is 10.2 Å². The van der Waals surface area contributed by atoms with E-state index in [9.17, 15) is 14.4 Å². The monoisotopic (exact) mass is 376 g/mol. The molecular formula is C21H20N4O3. The molecule has 142 valence electrons. The van der Waals surface area contributed by atoms with E-state index in [-0.39, 0.29) is 36.4 Å². The summed E-state index contributed by atoms with van der Waals surface area (Å²) in [5.74, 6) is -0.414. The first-order valence-electron chi connectivity index (χ1n) is 9.11. The molecule has 0 aliphatic carbocycles. The minimum Gasteiger partial charge on any atom is -0.324 e. The van der Waals surface area contributed by atoms with Gasteiger partial charge in [-0.25, -0.2) is 4.98 Å². The Kier molecular flexibility index (Phi) is 4.43. The van der Waals surface area contributed by atoms with Crippen molar-refractivity contribution in [3.8, 4) is 0 Å². The van der Waals surface area contributed by atoms with E-state index >= 15 is 0 Å². The van der Waals surface area contributed by atoms with Crippen LogP contribution < -0.4 is 15.8 Å². The smallest absolute Gasteiger partial charge is 0.261 e. The molecule has 0 fully saturated rings. The Morgan fingerprint density at radius 2 is 2.00 bits per heavy atom. The minimum absolute atomic E-state index is 0.143. The molecule has 1 N–H and O–H groups in total. The van der Waals surface area contributed by atoms with E-state index in [1.807, 2.05) is 26.0 Å². The highest BCUT2D eigenvalue weighted by molar-refractivity contribution is 6.04. The molecule has 28 heavy (non-hydrogen) atoms. The highest BCUT2D eigenvalue weighted by atomic mass is 16.2. The van der Waals surface area contributed by atoms with Crippen LogP contribution in [0, 0.1) is 6.92 Å². The molecule has 0 saturated heterocycles. The second-order valence-electron chi connectivity index (χ2n) is 7.08. The van der Waals surface area contributed by atoms with E-state index in [2.05, 4.69) is 10.3 Å². The van der Waals surface area contributed by atoms with Crippen LogP contribution in [0.15, 0.2) is 53.6 Å². The number of anilines is 2. The van der Waals surface area contributed by atoms with E-state index in [1.54, 1.807) is 35.2 Å². The van der Waals surface area contributed by atoms with Crippen molar-refractivity contribution in [2.45, 2.75) is 32.9 Å². The van der Waals surface area contributed by atoms with Gasteiger partial charge in [0.05, 0.1) is 28.6 Å². The zero-order chi connectivity index (χ0) is 19.8. The second kappa shape index (κ2) is 6.92. The summed E-state index contributed by atoms with van der Waals surface area (Å²) < 4.78 is 1.32. The first-order chi connectivity index (χ1) is 13.4. The maximum atomic E-state index is 13.2. The summed E-state index contributed by atoms with van der Waals surface area (Å²) in [6, 6.07) is 12.3. The highest BCUT2D eigenvalue weighted by Crippen LogP contribution is 2.31. The van der Waals surface area contributed by atoms with Crippen molar-refractivity contribution in [3.05, 3.63) is 64.7 Å². The third kappa shape index (κ3) is 3.15. The molecule has 2 heterocycles. The number of rotatable bonds is 2. The number of amides is 2. The molecule has 0 spiro atoms. The third-order valence-electron chi connectivity index (χ3n) is 4.91. The highest BCUT2D eigenvalue weighted by Gasteiger charge is 2.29. The molecule has 0 bridgehead atoms. The lowest BCUT2D eigenvalue weighted by molar-refractivity contribution is -0.120. The van der Waals surface area contributed by atoms with Gasteiger partial charge in [-0.3, -0.25) is 19.0 Å². The van der Waals surface area contributed by atoms with Crippen LogP contribution in [-0.2, 0) is 16.1 Å². The Balaban J connectivity index is 1.72. The van der Waals surface area contributed by atoms with Crippen LogP contribution in [0.3, 0.4) is 0 Å². The van der Waals surface area contributed by atoms with Crippen LogP contribution in [0.2, 0.25) is 0 Å². The predicted octanol–water partition coefficient (Wildman–Crippen LogP) is 2.47. The molecular weight excluding hydrogens is 356 g/mol. The first kappa shape index (κ1) is 17.9. The Morgan fingerprint density at radius 3 is 2.82 bits per heavy atom. The molecule has 0 unspecified atom stereocenters. The van der Waals surface area contributed by atoms with Crippen LogP contribution in [0.1, 0.15) is 18.9 Å². The lowest BCUT2D eigenvalue weighted by Gasteiger charge is -2.28. The molecule has 1 aliphatic heterocycles. The van der Waals surface area contributed by atoms with Crippen molar-refractivity contribution >= 4 is 34.1 Å². The quantitative estimate of drug-likeness (QED) is 0.745. The molecule has 2 aromatic carbocycles. The zero-order valence-electron chi connectivity index (χ0n) is 15.7. The van der Waals surface area contributed by atoms with Crippen molar-refractivity contribution in [2.24, 2.45) is 0 Å². The number of nitrogens with one attached hydrogen (secondary N) is 1. The first-order valence-corrected chi connectivity index (χ1v) is 9.11. The Morgan fingerprint density at radius 1 is 1.21 bits per heavy atom. The van der Waals surface area contributed by atoms with E-state index < -0.39 is 0 Å². The summed E-state index contributed by atoms with van der Waals surface area (Å²) >= 11 is 0. The van der Waals surface area contributed by atoms with Gasteiger partial charge in [0.25, 0.3) is 5.56 Å². The van der Waals surface area contributed by atoms with Gasteiger partial charge in [0, 0.05) is 12.5 Å². The summed E-state index contributed by atoms with van der Waals surface area (Å²) in [5.41, 5.74) is 2.51. The lowest BCUT2D eigenvalue weighted by Crippen LogP contribution is -2.42. The van der Waals surface area contributed by atoms with Crippen molar-refractivity contribution < 1.29 is 9.59 Å². The molecule has 3 aromatic rings. The van der Waals surface area contributed by atoms with E-state index in [1.165, 1.54) is 10.9 Å². The van der Waals surface area contributed by atoms with Crippen LogP contribution in [0.4, 0.5) is 11.4 Å². The van der Waals surface area contributed by atoms with Crippen molar-refractivity contribution in [1.29, 1.82) is 0 Å². The molecule has 7 heteroatoms. The van der Waals surface area contributed by atoms with Crippen LogP contribution >= 0.6 is 0 Å². The maximum absolute atomic E-state index is 13.2. The van der Waals surface area contributed by atoms with Gasteiger partial charge >= 0.3 is 0 Å². The maximum Gasteiger partial charge on any atom is 0.261 e. The average Bonchev–Trinajstić information content (AvgIpc) is 2.78. The number of nitrogens with zero attached hydrogens (tertiary/aromatic N) is 3. The average molecular weight is 376 g/mol. The van der Waals surface area contributed by atoms with Gasteiger partial charge in [0.15, 0.2) is 0 Å². The number of para-hydroxylation sites is 2. The van der Waals surface area contributed by atoms with Gasteiger partial charge in [-0.2, -0.15) is 0 Å². The molecule has 1 aromatic heterocycles. The second-order valence-corrected chi connectivity index (χ2v) is 7.08. The summed E-state index contributed by atoms with van der Waals surface area (Å²) in [6.45, 7) is 3.58. The van der Waals surface area contributed by atoms with Gasteiger partial charge in [0.1, 0.15) is 6.54 Å². The number of fused-ring (bicyclic) bond motifs is 2. The normalized spacial score (nSPS) is 16.4. The molecule has 2 amide bonds.